The molecule has 1 unspecified atom stereocenters. The lowest BCUT2D eigenvalue weighted by Gasteiger charge is -2.26. The minimum atomic E-state index is 0.104. The second-order valence-corrected chi connectivity index (χ2v) is 7.68. The van der Waals surface area contributed by atoms with Crippen molar-refractivity contribution < 1.29 is 4.79 Å². The summed E-state index contributed by atoms with van der Waals surface area (Å²) in [6.07, 6.45) is 6.31. The number of likely N-dealkylation sites (tertiary alicyclic amines) is 1. The van der Waals surface area contributed by atoms with E-state index in [9.17, 15) is 4.79 Å². The summed E-state index contributed by atoms with van der Waals surface area (Å²) in [7, 11) is 0. The molecule has 1 amide bonds. The Morgan fingerprint density at radius 3 is 2.38 bits per heavy atom. The molecule has 0 saturated carbocycles. The van der Waals surface area contributed by atoms with E-state index < -0.39 is 0 Å². The monoisotopic (exact) mass is 349 g/mol. The first-order valence-corrected chi connectivity index (χ1v) is 9.72. The molecule has 4 nitrogen and oxygen atoms in total. The summed E-state index contributed by atoms with van der Waals surface area (Å²) < 4.78 is 0. The van der Waals surface area contributed by atoms with E-state index in [0.29, 0.717) is 5.56 Å². The normalized spacial score (nSPS) is 20.0. The van der Waals surface area contributed by atoms with Gasteiger partial charge in [-0.25, -0.2) is 4.98 Å². The number of carbonyl (C=O) groups is 1. The van der Waals surface area contributed by atoms with Gasteiger partial charge in [0.25, 0.3) is 5.91 Å². The van der Waals surface area contributed by atoms with Crippen LogP contribution < -0.4 is 4.90 Å². The van der Waals surface area contributed by atoms with Crippen LogP contribution in [-0.4, -0.2) is 35.4 Å². The van der Waals surface area contributed by atoms with Gasteiger partial charge in [0.1, 0.15) is 5.82 Å². The Balaban J connectivity index is 1.54. The number of rotatable bonds is 3. The van der Waals surface area contributed by atoms with E-state index in [4.69, 9.17) is 0 Å². The van der Waals surface area contributed by atoms with Crippen molar-refractivity contribution in [2.45, 2.75) is 45.6 Å². The maximum atomic E-state index is 13.1. The molecule has 2 saturated heterocycles. The van der Waals surface area contributed by atoms with Crippen LogP contribution in [0, 0.1) is 13.8 Å². The molecule has 0 aliphatic carbocycles. The third-order valence-electron chi connectivity index (χ3n) is 5.57. The number of amides is 1. The molecular weight excluding hydrogens is 322 g/mol. The van der Waals surface area contributed by atoms with Crippen molar-refractivity contribution in [3.05, 3.63) is 58.8 Å². The highest BCUT2D eigenvalue weighted by Crippen LogP contribution is 2.34. The van der Waals surface area contributed by atoms with E-state index in [0.717, 1.165) is 38.3 Å². The Bertz CT molecular complexity index is 773. The zero-order valence-electron chi connectivity index (χ0n) is 15.7. The molecule has 2 aliphatic heterocycles. The molecule has 3 heterocycles. The fourth-order valence-corrected chi connectivity index (χ4v) is 4.37. The van der Waals surface area contributed by atoms with E-state index in [1.165, 1.54) is 29.5 Å². The molecule has 4 heteroatoms. The van der Waals surface area contributed by atoms with Crippen molar-refractivity contribution in [3.63, 3.8) is 0 Å². The van der Waals surface area contributed by atoms with Crippen molar-refractivity contribution in [1.82, 2.24) is 9.88 Å². The van der Waals surface area contributed by atoms with Crippen molar-refractivity contribution in [2.75, 3.05) is 24.5 Å². The minimum absolute atomic E-state index is 0.104. The molecule has 1 aromatic carbocycles. The summed E-state index contributed by atoms with van der Waals surface area (Å²) >= 11 is 0. The van der Waals surface area contributed by atoms with Gasteiger partial charge in [0, 0.05) is 25.8 Å². The van der Waals surface area contributed by atoms with E-state index in [1.807, 2.05) is 17.0 Å². The Kier molecular flexibility index (Phi) is 4.66. The van der Waals surface area contributed by atoms with Gasteiger partial charge in [-0.05, 0) is 57.2 Å². The molecule has 1 atom stereocenters. The number of carbonyl (C=O) groups excluding carboxylic acids is 1. The number of benzene rings is 1. The molecule has 1 aromatic heterocycles. The minimum Gasteiger partial charge on any atom is -0.357 e. The second-order valence-electron chi connectivity index (χ2n) is 7.68. The van der Waals surface area contributed by atoms with Crippen molar-refractivity contribution in [1.29, 1.82) is 0 Å². The summed E-state index contributed by atoms with van der Waals surface area (Å²) in [5, 5.41) is 0. The van der Waals surface area contributed by atoms with Crippen LogP contribution in [0.15, 0.2) is 36.5 Å². The number of hydrogen-bond acceptors (Lipinski definition) is 3. The third-order valence-corrected chi connectivity index (χ3v) is 5.57. The van der Waals surface area contributed by atoms with E-state index in [2.05, 4.69) is 41.9 Å². The fourth-order valence-electron chi connectivity index (χ4n) is 4.37. The fraction of sp³-hybridized carbons (Fsp3) is 0.455. The van der Waals surface area contributed by atoms with Gasteiger partial charge in [0.2, 0.25) is 0 Å². The molecule has 2 fully saturated rings. The summed E-state index contributed by atoms with van der Waals surface area (Å²) in [5.41, 5.74) is 4.48. The summed E-state index contributed by atoms with van der Waals surface area (Å²) in [6.45, 7) is 7.21. The van der Waals surface area contributed by atoms with Gasteiger partial charge in [0.05, 0.1) is 11.6 Å². The Hall–Kier alpha value is -2.36. The van der Waals surface area contributed by atoms with Gasteiger partial charge in [0.15, 0.2) is 0 Å². The molecule has 26 heavy (non-hydrogen) atoms. The van der Waals surface area contributed by atoms with E-state index in [-0.39, 0.29) is 11.9 Å². The molecule has 0 bridgehead atoms. The van der Waals surface area contributed by atoms with Gasteiger partial charge in [-0.2, -0.15) is 0 Å². The average molecular weight is 349 g/mol. The molecule has 0 N–H and O–H groups in total. The zero-order valence-corrected chi connectivity index (χ0v) is 15.7. The summed E-state index contributed by atoms with van der Waals surface area (Å²) in [5.74, 6) is 1.10. The average Bonchev–Trinajstić information content (AvgIpc) is 3.32. The van der Waals surface area contributed by atoms with Crippen LogP contribution >= 0.6 is 0 Å². The second kappa shape index (κ2) is 7.10. The van der Waals surface area contributed by atoms with Crippen LogP contribution in [0.4, 0.5) is 5.82 Å². The number of anilines is 1. The van der Waals surface area contributed by atoms with E-state index >= 15 is 0 Å². The standard InChI is InChI=1S/C22H27N3O/c1-16-12-17(2)14-19(13-16)20-6-5-11-25(20)22(26)18-7-8-21(23-15-18)24-9-3-4-10-24/h7-8,12-15,20H,3-6,9-11H2,1-2H3. The maximum Gasteiger partial charge on any atom is 0.255 e. The smallest absolute Gasteiger partial charge is 0.255 e. The highest BCUT2D eigenvalue weighted by molar-refractivity contribution is 5.94. The van der Waals surface area contributed by atoms with Crippen molar-refractivity contribution >= 4 is 11.7 Å². The van der Waals surface area contributed by atoms with Crippen LogP contribution in [0.25, 0.3) is 0 Å². The maximum absolute atomic E-state index is 13.1. The Morgan fingerprint density at radius 1 is 1.00 bits per heavy atom. The first-order chi connectivity index (χ1) is 12.6. The Labute approximate surface area is 155 Å². The number of nitrogens with zero attached hydrogens (tertiary/aromatic N) is 3. The van der Waals surface area contributed by atoms with Crippen molar-refractivity contribution in [2.24, 2.45) is 0 Å². The third kappa shape index (κ3) is 3.33. The molecule has 136 valence electrons. The molecule has 2 aromatic rings. The predicted octanol–water partition coefficient (Wildman–Crippen LogP) is 4.28. The van der Waals surface area contributed by atoms with Gasteiger partial charge in [-0.1, -0.05) is 29.3 Å². The highest BCUT2D eigenvalue weighted by atomic mass is 16.2. The van der Waals surface area contributed by atoms with E-state index in [1.54, 1.807) is 6.20 Å². The lowest BCUT2D eigenvalue weighted by atomic mass is 9.99. The lowest BCUT2D eigenvalue weighted by molar-refractivity contribution is 0.0735. The van der Waals surface area contributed by atoms with Crippen molar-refractivity contribution in [3.8, 4) is 0 Å². The Morgan fingerprint density at radius 2 is 1.73 bits per heavy atom. The number of hydrogen-bond donors (Lipinski definition) is 0. The van der Waals surface area contributed by atoms with Crippen LogP contribution in [0.5, 0.6) is 0 Å². The number of aromatic nitrogens is 1. The van der Waals surface area contributed by atoms with Crippen LogP contribution in [0.2, 0.25) is 0 Å². The van der Waals surface area contributed by atoms with Crippen LogP contribution in [0.3, 0.4) is 0 Å². The highest BCUT2D eigenvalue weighted by Gasteiger charge is 2.31. The first kappa shape index (κ1) is 17.1. The SMILES string of the molecule is Cc1cc(C)cc(C2CCCN2C(=O)c2ccc(N3CCCC3)nc2)c1. The van der Waals surface area contributed by atoms with Gasteiger partial charge < -0.3 is 9.80 Å². The summed E-state index contributed by atoms with van der Waals surface area (Å²) in [6, 6.07) is 10.8. The quantitative estimate of drug-likeness (QED) is 0.830. The first-order valence-electron chi connectivity index (χ1n) is 9.72. The zero-order chi connectivity index (χ0) is 18.1. The largest absolute Gasteiger partial charge is 0.357 e. The molecular formula is C22H27N3O. The lowest BCUT2D eigenvalue weighted by Crippen LogP contribution is -2.31. The molecule has 4 rings (SSSR count). The van der Waals surface area contributed by atoms with Crippen LogP contribution in [0.1, 0.15) is 58.8 Å². The number of pyridine rings is 1. The summed E-state index contributed by atoms with van der Waals surface area (Å²) in [4.78, 5) is 22.0. The predicted molar refractivity (Wildman–Crippen MR) is 105 cm³/mol. The molecule has 0 spiro atoms. The molecule has 0 radical (unpaired) electrons. The van der Waals surface area contributed by atoms with Gasteiger partial charge in [-0.3, -0.25) is 4.79 Å². The van der Waals surface area contributed by atoms with Gasteiger partial charge in [-0.15, -0.1) is 0 Å². The van der Waals surface area contributed by atoms with Gasteiger partial charge >= 0.3 is 0 Å². The molecule has 2 aliphatic rings. The topological polar surface area (TPSA) is 36.4 Å². The number of aryl methyl sites for hydroxylation is 2. The van der Waals surface area contributed by atoms with Crippen LogP contribution in [-0.2, 0) is 0 Å².